The highest BCUT2D eigenvalue weighted by atomic mass is 31.2. The Hall–Kier alpha value is -1.62. The molecule has 3 heterocycles. The Bertz CT molecular complexity index is 949. The molecule has 5 atom stereocenters. The fourth-order valence-electron chi connectivity index (χ4n) is 3.80. The fraction of sp³-hybridized carbons (Fsp3) is 0.737. The first-order valence-corrected chi connectivity index (χ1v) is 12.1. The van der Waals surface area contributed by atoms with Crippen molar-refractivity contribution >= 4 is 24.6 Å². The van der Waals surface area contributed by atoms with Crippen LogP contribution in [0.3, 0.4) is 0 Å². The molecule has 4 N–H and O–H groups in total. The number of anilines is 1. The van der Waals surface area contributed by atoms with Crippen molar-refractivity contribution in [2.24, 2.45) is 0 Å². The molecule has 0 aliphatic carbocycles. The average Bonchev–Trinajstić information content (AvgIpc) is 3.29. The Balaban J connectivity index is 1.87. The van der Waals surface area contributed by atoms with Gasteiger partial charge in [0.15, 0.2) is 17.7 Å². The summed E-state index contributed by atoms with van der Waals surface area (Å²) in [5.74, 6) is 0.533. The van der Waals surface area contributed by atoms with Gasteiger partial charge in [-0.3, -0.25) is 9.13 Å². The van der Waals surface area contributed by atoms with Crippen LogP contribution in [0.5, 0.6) is 0 Å². The molecule has 1 saturated heterocycles. The number of aliphatic hydroxyl groups is 2. The average molecular weight is 457 g/mol. The van der Waals surface area contributed by atoms with Gasteiger partial charge in [-0.2, -0.15) is 0 Å². The number of nitrogens with zero attached hydrogens (tertiary/aromatic N) is 4. The van der Waals surface area contributed by atoms with Gasteiger partial charge in [-0.05, 0) is 12.8 Å². The summed E-state index contributed by atoms with van der Waals surface area (Å²) in [6.07, 6.45) is -0.305. The van der Waals surface area contributed by atoms with Crippen LogP contribution in [0.2, 0.25) is 0 Å². The molecule has 3 rings (SSSR count). The van der Waals surface area contributed by atoms with Gasteiger partial charge in [0.1, 0.15) is 24.1 Å². The zero-order chi connectivity index (χ0) is 23.0. The topological polar surface area (TPSA) is 152 Å². The Morgan fingerprint density at radius 1 is 1.26 bits per heavy atom. The molecule has 174 valence electrons. The summed E-state index contributed by atoms with van der Waals surface area (Å²) in [5.41, 5.74) is -0.579. The van der Waals surface area contributed by atoms with E-state index in [9.17, 15) is 19.7 Å². The monoisotopic (exact) mass is 457 g/mol. The highest BCUT2D eigenvalue weighted by molar-refractivity contribution is 7.53. The summed E-state index contributed by atoms with van der Waals surface area (Å²) < 4.78 is 25.9. The molecule has 0 bridgehead atoms. The minimum atomic E-state index is -3.85. The second-order valence-electron chi connectivity index (χ2n) is 8.19. The molecule has 0 radical (unpaired) electrons. The number of hydrogen-bond acceptors (Lipinski definition) is 9. The molecule has 0 amide bonds. The lowest BCUT2D eigenvalue weighted by molar-refractivity contribution is -0.0712. The van der Waals surface area contributed by atoms with Gasteiger partial charge in [-0.15, -0.1) is 0 Å². The maximum atomic E-state index is 12.6. The molecule has 2 aromatic heterocycles. The van der Waals surface area contributed by atoms with Crippen LogP contribution < -0.4 is 5.32 Å². The molecule has 1 aliphatic rings. The highest BCUT2D eigenvalue weighted by Gasteiger charge is 2.49. The number of rotatable bonds is 9. The maximum Gasteiger partial charge on any atom is 0.331 e. The van der Waals surface area contributed by atoms with Crippen LogP contribution in [0.4, 0.5) is 5.82 Å². The van der Waals surface area contributed by atoms with E-state index < -0.39 is 43.4 Å². The Labute approximate surface area is 181 Å². The van der Waals surface area contributed by atoms with E-state index in [0.717, 1.165) is 0 Å². The summed E-state index contributed by atoms with van der Waals surface area (Å²) in [6.45, 7) is 6.98. The first-order chi connectivity index (χ1) is 14.6. The maximum absolute atomic E-state index is 12.6. The van der Waals surface area contributed by atoms with E-state index in [2.05, 4.69) is 20.3 Å². The number of ether oxygens (including phenoxy) is 1. The molecule has 1 fully saturated rings. The zero-order valence-corrected chi connectivity index (χ0v) is 19.4. The third-order valence-corrected chi connectivity index (χ3v) is 8.00. The predicted molar refractivity (Wildman–Crippen MR) is 115 cm³/mol. The van der Waals surface area contributed by atoms with Crippen LogP contribution in [-0.4, -0.2) is 71.2 Å². The zero-order valence-electron chi connectivity index (χ0n) is 18.5. The van der Waals surface area contributed by atoms with Crippen molar-refractivity contribution in [1.29, 1.82) is 0 Å². The van der Waals surface area contributed by atoms with Crippen LogP contribution in [-0.2, 0) is 13.8 Å². The third kappa shape index (κ3) is 4.48. The highest BCUT2D eigenvalue weighted by Crippen LogP contribution is 2.53. The summed E-state index contributed by atoms with van der Waals surface area (Å²) in [4.78, 5) is 23.0. The summed E-state index contributed by atoms with van der Waals surface area (Å²) in [7, 11) is -2.14. The van der Waals surface area contributed by atoms with Gasteiger partial charge in [0.2, 0.25) is 0 Å². The standard InChI is InChI=1S/C19H32N5O6P/c1-6-19(7-2,30-31(27,28)11(3)4)8-12-14(25)15(26)18(29-12)24-10-23-13-16(20-5)21-9-22-17(13)24/h9-12,14-15,18,25-26H,6-8H2,1-5H3,(H,27,28)(H,20,21,22). The number of aromatic nitrogens is 4. The van der Waals surface area contributed by atoms with Gasteiger partial charge in [-0.1, -0.05) is 27.7 Å². The number of hydrogen-bond donors (Lipinski definition) is 4. The largest absolute Gasteiger partial charge is 0.388 e. The molecule has 5 unspecified atom stereocenters. The second-order valence-corrected chi connectivity index (χ2v) is 10.5. The molecule has 0 aromatic carbocycles. The summed E-state index contributed by atoms with van der Waals surface area (Å²) in [5, 5.41) is 24.4. The second kappa shape index (κ2) is 9.09. The van der Waals surface area contributed by atoms with Gasteiger partial charge >= 0.3 is 7.60 Å². The SMILES string of the molecule is CCC(CC)(CC1OC(n2cnc3c(NC)ncnc32)C(O)C1O)OP(=O)(O)C(C)C. The third-order valence-electron chi connectivity index (χ3n) is 6.05. The molecule has 1 aliphatic heterocycles. The van der Waals surface area contributed by atoms with Crippen molar-refractivity contribution in [2.75, 3.05) is 12.4 Å². The first-order valence-electron chi connectivity index (χ1n) is 10.5. The van der Waals surface area contributed by atoms with Gasteiger partial charge in [-0.25, -0.2) is 15.0 Å². The Kier molecular flexibility index (Phi) is 7.05. The number of imidazole rings is 1. The quantitative estimate of drug-likeness (QED) is 0.412. The van der Waals surface area contributed by atoms with Gasteiger partial charge in [0.25, 0.3) is 0 Å². The molecule has 2 aromatic rings. The van der Waals surface area contributed by atoms with Crippen molar-refractivity contribution in [3.05, 3.63) is 12.7 Å². The van der Waals surface area contributed by atoms with Crippen LogP contribution in [0.1, 0.15) is 53.2 Å². The predicted octanol–water partition coefficient (Wildman–Crippen LogP) is 2.05. The van der Waals surface area contributed by atoms with E-state index >= 15 is 0 Å². The van der Waals surface area contributed by atoms with Gasteiger partial charge < -0.3 is 29.7 Å². The molecule has 0 saturated carbocycles. The van der Waals surface area contributed by atoms with E-state index in [1.165, 1.54) is 12.7 Å². The molecular formula is C19H32N5O6P. The fourth-order valence-corrected chi connectivity index (χ4v) is 4.90. The smallest absolute Gasteiger partial charge is 0.331 e. The summed E-state index contributed by atoms with van der Waals surface area (Å²) in [6, 6.07) is 0. The normalized spacial score (nSPS) is 26.5. The lowest BCUT2D eigenvalue weighted by atomic mass is 9.88. The van der Waals surface area contributed by atoms with Crippen LogP contribution in [0.15, 0.2) is 12.7 Å². The molecule has 0 spiro atoms. The van der Waals surface area contributed by atoms with Crippen LogP contribution in [0.25, 0.3) is 11.2 Å². The lowest BCUT2D eigenvalue weighted by Gasteiger charge is -2.37. The Morgan fingerprint density at radius 3 is 2.52 bits per heavy atom. The summed E-state index contributed by atoms with van der Waals surface area (Å²) >= 11 is 0. The van der Waals surface area contributed by atoms with E-state index in [-0.39, 0.29) is 6.42 Å². The minimum absolute atomic E-state index is 0.148. The number of aliphatic hydroxyl groups excluding tert-OH is 2. The van der Waals surface area contributed by atoms with E-state index in [0.29, 0.717) is 29.8 Å². The van der Waals surface area contributed by atoms with Crippen molar-refractivity contribution in [3.8, 4) is 0 Å². The first kappa shape index (κ1) is 24.0. The number of fused-ring (bicyclic) bond motifs is 1. The molecule has 31 heavy (non-hydrogen) atoms. The molecule has 12 heteroatoms. The van der Waals surface area contributed by atoms with Gasteiger partial charge in [0.05, 0.1) is 23.7 Å². The van der Waals surface area contributed by atoms with E-state index in [4.69, 9.17) is 9.26 Å². The molecular weight excluding hydrogens is 425 g/mol. The van der Waals surface area contributed by atoms with Crippen molar-refractivity contribution in [3.63, 3.8) is 0 Å². The van der Waals surface area contributed by atoms with Crippen molar-refractivity contribution in [1.82, 2.24) is 19.5 Å². The Morgan fingerprint density at radius 2 is 1.94 bits per heavy atom. The minimum Gasteiger partial charge on any atom is -0.388 e. The lowest BCUT2D eigenvalue weighted by Crippen LogP contribution is -2.40. The van der Waals surface area contributed by atoms with Crippen LogP contribution in [0, 0.1) is 0 Å². The van der Waals surface area contributed by atoms with E-state index in [1.54, 1.807) is 25.5 Å². The molecule has 11 nitrogen and oxygen atoms in total. The van der Waals surface area contributed by atoms with Crippen molar-refractivity contribution in [2.45, 2.75) is 82.8 Å². The van der Waals surface area contributed by atoms with Gasteiger partial charge in [0, 0.05) is 13.5 Å². The van der Waals surface area contributed by atoms with E-state index in [1.807, 2.05) is 13.8 Å². The van der Waals surface area contributed by atoms with Crippen molar-refractivity contribution < 1.29 is 28.9 Å². The number of nitrogens with one attached hydrogen (secondary N) is 1. The van der Waals surface area contributed by atoms with Crippen LogP contribution >= 0.6 is 7.60 Å².